The van der Waals surface area contributed by atoms with E-state index in [1.54, 1.807) is 0 Å². The number of hydrogen-bond acceptors (Lipinski definition) is 2. The fourth-order valence-corrected chi connectivity index (χ4v) is 1.34. The second kappa shape index (κ2) is 4.19. The van der Waals surface area contributed by atoms with Gasteiger partial charge >= 0.3 is 0 Å². The molecule has 0 bridgehead atoms. The summed E-state index contributed by atoms with van der Waals surface area (Å²) < 4.78 is 29.5. The molecule has 13 heavy (non-hydrogen) atoms. The SMILES string of the molecule is COc1cc(C(F)F)c(Cl)c(Br)n1. The Balaban J connectivity index is 3.25. The van der Waals surface area contributed by atoms with Gasteiger partial charge in [0.15, 0.2) is 0 Å². The minimum absolute atomic E-state index is 0.0872. The smallest absolute Gasteiger partial charge is 0.265 e. The second-order valence-corrected chi connectivity index (χ2v) is 3.29. The highest BCUT2D eigenvalue weighted by Crippen LogP contribution is 2.34. The maximum absolute atomic E-state index is 12.3. The van der Waals surface area contributed by atoms with Crippen LogP contribution in [0.5, 0.6) is 5.88 Å². The zero-order chi connectivity index (χ0) is 10.0. The number of hydrogen-bond donors (Lipinski definition) is 0. The monoisotopic (exact) mass is 271 g/mol. The van der Waals surface area contributed by atoms with Gasteiger partial charge in [0.05, 0.1) is 12.1 Å². The van der Waals surface area contributed by atoms with E-state index in [-0.39, 0.29) is 21.1 Å². The quantitative estimate of drug-likeness (QED) is 0.769. The van der Waals surface area contributed by atoms with Crippen molar-refractivity contribution < 1.29 is 13.5 Å². The Morgan fingerprint density at radius 1 is 1.62 bits per heavy atom. The summed E-state index contributed by atoms with van der Waals surface area (Å²) in [5.41, 5.74) is -0.291. The molecule has 1 heterocycles. The molecule has 0 aliphatic heterocycles. The summed E-state index contributed by atoms with van der Waals surface area (Å²) in [6.07, 6.45) is -2.64. The molecule has 1 aromatic rings. The van der Waals surface area contributed by atoms with E-state index >= 15 is 0 Å². The van der Waals surface area contributed by atoms with Gasteiger partial charge in [-0.3, -0.25) is 0 Å². The molecule has 2 nitrogen and oxygen atoms in total. The van der Waals surface area contributed by atoms with Crippen LogP contribution >= 0.6 is 27.5 Å². The molecule has 1 aromatic heterocycles. The predicted molar refractivity (Wildman–Crippen MR) is 48.5 cm³/mol. The van der Waals surface area contributed by atoms with Gasteiger partial charge < -0.3 is 4.74 Å². The van der Waals surface area contributed by atoms with Crippen LogP contribution in [0.25, 0.3) is 0 Å². The van der Waals surface area contributed by atoms with Crippen LogP contribution in [0.2, 0.25) is 5.02 Å². The van der Waals surface area contributed by atoms with E-state index in [1.807, 2.05) is 0 Å². The van der Waals surface area contributed by atoms with Gasteiger partial charge in [0.25, 0.3) is 6.43 Å². The van der Waals surface area contributed by atoms with Crippen LogP contribution in [0.4, 0.5) is 8.78 Å². The van der Waals surface area contributed by atoms with Crippen LogP contribution in [-0.2, 0) is 0 Å². The Morgan fingerprint density at radius 2 is 2.23 bits per heavy atom. The normalized spacial score (nSPS) is 10.6. The van der Waals surface area contributed by atoms with Crippen molar-refractivity contribution in [2.24, 2.45) is 0 Å². The van der Waals surface area contributed by atoms with Gasteiger partial charge in [0.1, 0.15) is 4.60 Å². The number of halogens is 4. The molecule has 0 saturated heterocycles. The van der Waals surface area contributed by atoms with E-state index < -0.39 is 6.43 Å². The molecule has 0 spiro atoms. The van der Waals surface area contributed by atoms with Crippen LogP contribution < -0.4 is 4.74 Å². The minimum atomic E-state index is -2.64. The van der Waals surface area contributed by atoms with Gasteiger partial charge in [-0.2, -0.15) is 0 Å². The van der Waals surface area contributed by atoms with Crippen molar-refractivity contribution in [3.05, 3.63) is 21.3 Å². The molecule has 0 atom stereocenters. The zero-order valence-electron chi connectivity index (χ0n) is 6.52. The van der Waals surface area contributed by atoms with E-state index in [2.05, 4.69) is 20.9 Å². The lowest BCUT2D eigenvalue weighted by atomic mass is 10.3. The van der Waals surface area contributed by atoms with Crippen molar-refractivity contribution in [3.8, 4) is 5.88 Å². The van der Waals surface area contributed by atoms with Crippen molar-refractivity contribution in [3.63, 3.8) is 0 Å². The largest absolute Gasteiger partial charge is 0.481 e. The molecule has 0 fully saturated rings. The average molecular weight is 272 g/mol. The highest BCUT2D eigenvalue weighted by molar-refractivity contribution is 9.10. The summed E-state index contributed by atoms with van der Waals surface area (Å²) in [6, 6.07) is 1.11. The van der Waals surface area contributed by atoms with Gasteiger partial charge in [-0.25, -0.2) is 13.8 Å². The second-order valence-electron chi connectivity index (χ2n) is 2.16. The first-order valence-corrected chi connectivity index (χ1v) is 4.41. The molecular formula is C7H5BrClF2NO. The summed E-state index contributed by atoms with van der Waals surface area (Å²) in [4.78, 5) is 3.76. The summed E-state index contributed by atoms with van der Waals surface area (Å²) in [5, 5.41) is -0.0872. The number of pyridine rings is 1. The van der Waals surface area contributed by atoms with Gasteiger partial charge in [0.2, 0.25) is 5.88 Å². The van der Waals surface area contributed by atoms with Gasteiger partial charge in [0, 0.05) is 11.6 Å². The number of alkyl halides is 2. The van der Waals surface area contributed by atoms with Crippen molar-refractivity contribution in [2.45, 2.75) is 6.43 Å². The number of methoxy groups -OCH3 is 1. The van der Waals surface area contributed by atoms with Crippen LogP contribution in [0, 0.1) is 0 Å². The van der Waals surface area contributed by atoms with Crippen LogP contribution in [0.3, 0.4) is 0 Å². The number of ether oxygens (including phenoxy) is 1. The van der Waals surface area contributed by atoms with E-state index in [0.29, 0.717) is 0 Å². The van der Waals surface area contributed by atoms with Gasteiger partial charge in [-0.1, -0.05) is 11.6 Å². The Bertz CT molecular complexity index is 322. The topological polar surface area (TPSA) is 22.1 Å². The fourth-order valence-electron chi connectivity index (χ4n) is 0.757. The molecular weight excluding hydrogens is 267 g/mol. The maximum Gasteiger partial charge on any atom is 0.265 e. The molecule has 0 amide bonds. The van der Waals surface area contributed by atoms with Crippen LogP contribution in [-0.4, -0.2) is 12.1 Å². The number of rotatable bonds is 2. The molecule has 1 rings (SSSR count). The van der Waals surface area contributed by atoms with Crippen molar-refractivity contribution in [1.29, 1.82) is 0 Å². The van der Waals surface area contributed by atoms with Crippen LogP contribution in [0.15, 0.2) is 10.7 Å². The summed E-state index contributed by atoms with van der Waals surface area (Å²) >= 11 is 8.52. The number of aromatic nitrogens is 1. The first kappa shape index (κ1) is 10.7. The summed E-state index contributed by atoms with van der Waals surface area (Å²) in [5.74, 6) is 0.103. The molecule has 0 aliphatic rings. The highest BCUT2D eigenvalue weighted by atomic mass is 79.9. The Hall–Kier alpha value is -0.420. The molecule has 0 saturated carbocycles. The first-order chi connectivity index (χ1) is 6.06. The molecule has 0 radical (unpaired) electrons. The van der Waals surface area contributed by atoms with Crippen LogP contribution in [0.1, 0.15) is 12.0 Å². The molecule has 0 N–H and O–H groups in total. The Kier molecular flexibility index (Phi) is 3.44. The zero-order valence-corrected chi connectivity index (χ0v) is 8.86. The third kappa shape index (κ3) is 2.28. The van der Waals surface area contributed by atoms with E-state index in [0.717, 1.165) is 6.07 Å². The Morgan fingerprint density at radius 3 is 2.69 bits per heavy atom. The predicted octanol–water partition coefficient (Wildman–Crippen LogP) is 3.44. The van der Waals surface area contributed by atoms with Crippen molar-refractivity contribution in [1.82, 2.24) is 4.98 Å². The molecule has 0 aromatic carbocycles. The van der Waals surface area contributed by atoms with E-state index in [9.17, 15) is 8.78 Å². The average Bonchev–Trinajstić information content (AvgIpc) is 2.09. The lowest BCUT2D eigenvalue weighted by Gasteiger charge is -2.06. The minimum Gasteiger partial charge on any atom is -0.481 e. The summed E-state index contributed by atoms with van der Waals surface area (Å²) in [6.45, 7) is 0. The Labute approximate surface area is 87.0 Å². The third-order valence-electron chi connectivity index (χ3n) is 1.37. The van der Waals surface area contributed by atoms with Crippen molar-refractivity contribution in [2.75, 3.05) is 7.11 Å². The molecule has 0 aliphatic carbocycles. The third-order valence-corrected chi connectivity index (χ3v) is 2.57. The lowest BCUT2D eigenvalue weighted by molar-refractivity contribution is 0.151. The molecule has 72 valence electrons. The van der Waals surface area contributed by atoms with E-state index in [1.165, 1.54) is 7.11 Å². The fraction of sp³-hybridized carbons (Fsp3) is 0.286. The lowest BCUT2D eigenvalue weighted by Crippen LogP contribution is -1.94. The van der Waals surface area contributed by atoms with Gasteiger partial charge in [-0.15, -0.1) is 0 Å². The highest BCUT2D eigenvalue weighted by Gasteiger charge is 2.16. The summed E-state index contributed by atoms with van der Waals surface area (Å²) in [7, 11) is 1.35. The van der Waals surface area contributed by atoms with Crippen molar-refractivity contribution >= 4 is 27.5 Å². The van der Waals surface area contributed by atoms with E-state index in [4.69, 9.17) is 16.3 Å². The molecule has 6 heteroatoms. The van der Waals surface area contributed by atoms with Gasteiger partial charge in [-0.05, 0) is 15.9 Å². The maximum atomic E-state index is 12.3. The number of nitrogens with zero attached hydrogens (tertiary/aromatic N) is 1. The first-order valence-electron chi connectivity index (χ1n) is 3.24. The standard InChI is InChI=1S/C7H5BrClF2NO/c1-13-4-2-3(7(10)11)5(9)6(8)12-4/h2,7H,1H3. The molecule has 0 unspecified atom stereocenters.